The van der Waals surface area contributed by atoms with Gasteiger partial charge < -0.3 is 10.1 Å². The highest BCUT2D eigenvalue weighted by Gasteiger charge is 2.18. The van der Waals surface area contributed by atoms with Gasteiger partial charge in [-0.1, -0.05) is 29.8 Å². The average molecular weight is 378 g/mol. The van der Waals surface area contributed by atoms with Crippen molar-refractivity contribution >= 4 is 23.2 Å². The third-order valence-electron chi connectivity index (χ3n) is 3.66. The molecular weight excluding hydrogens is 364 g/mol. The Labute approximate surface area is 153 Å². The Kier molecular flexibility index (Phi) is 5.18. The van der Waals surface area contributed by atoms with Gasteiger partial charge in [-0.25, -0.2) is 4.68 Å². The number of hydrogen-bond acceptors (Lipinski definition) is 3. The highest BCUT2D eigenvalue weighted by Crippen LogP contribution is 2.26. The lowest BCUT2D eigenvalue weighted by Crippen LogP contribution is -2.14. The first-order chi connectivity index (χ1) is 12.5. The standard InChI is InChI=1S/C18H14ClF2N3O2/c1-11-14(10-22-24(11)13-6-4-5-12(19)9-13)17(25)23-15-7-2-3-8-16(15)26-18(20)21/h2-10,18H,1H3,(H,23,25). The van der Waals surface area contributed by atoms with Crippen LogP contribution in [0.2, 0.25) is 5.02 Å². The molecule has 134 valence electrons. The van der Waals surface area contributed by atoms with Gasteiger partial charge in [0.15, 0.2) is 0 Å². The van der Waals surface area contributed by atoms with Crippen LogP contribution in [0.4, 0.5) is 14.5 Å². The first kappa shape index (κ1) is 17.9. The van der Waals surface area contributed by atoms with Crippen LogP contribution in [-0.4, -0.2) is 22.3 Å². The molecule has 0 radical (unpaired) electrons. The molecule has 1 heterocycles. The van der Waals surface area contributed by atoms with Crippen molar-refractivity contribution < 1.29 is 18.3 Å². The maximum absolute atomic E-state index is 12.6. The minimum Gasteiger partial charge on any atom is -0.433 e. The molecular formula is C18H14ClF2N3O2. The first-order valence-corrected chi connectivity index (χ1v) is 7.99. The Balaban J connectivity index is 1.86. The van der Waals surface area contributed by atoms with Gasteiger partial charge >= 0.3 is 6.61 Å². The summed E-state index contributed by atoms with van der Waals surface area (Å²) in [5.41, 5.74) is 1.73. The zero-order valence-electron chi connectivity index (χ0n) is 13.6. The summed E-state index contributed by atoms with van der Waals surface area (Å²) in [6.07, 6.45) is 1.40. The van der Waals surface area contributed by atoms with Crippen LogP contribution < -0.4 is 10.1 Å². The summed E-state index contributed by atoms with van der Waals surface area (Å²) in [6, 6.07) is 13.0. The van der Waals surface area contributed by atoms with Crippen molar-refractivity contribution in [3.8, 4) is 11.4 Å². The Morgan fingerprint density at radius 2 is 2.00 bits per heavy atom. The number of nitrogens with zero attached hydrogens (tertiary/aromatic N) is 2. The summed E-state index contributed by atoms with van der Waals surface area (Å²) in [7, 11) is 0. The fraction of sp³-hybridized carbons (Fsp3) is 0.111. The lowest BCUT2D eigenvalue weighted by atomic mass is 10.2. The van der Waals surface area contributed by atoms with Gasteiger partial charge in [0.05, 0.1) is 28.8 Å². The number of aromatic nitrogens is 2. The normalized spacial score (nSPS) is 10.8. The Hall–Kier alpha value is -2.93. The number of alkyl halides is 2. The average Bonchev–Trinajstić information content (AvgIpc) is 2.98. The number of rotatable bonds is 5. The minimum atomic E-state index is -2.99. The van der Waals surface area contributed by atoms with E-state index in [-0.39, 0.29) is 11.4 Å². The molecule has 0 aliphatic rings. The van der Waals surface area contributed by atoms with Crippen molar-refractivity contribution in [2.75, 3.05) is 5.32 Å². The second kappa shape index (κ2) is 7.53. The number of nitrogens with one attached hydrogen (secondary N) is 1. The van der Waals surface area contributed by atoms with E-state index < -0.39 is 12.5 Å². The van der Waals surface area contributed by atoms with E-state index >= 15 is 0 Å². The van der Waals surface area contributed by atoms with Gasteiger partial charge in [0.25, 0.3) is 5.91 Å². The van der Waals surface area contributed by atoms with E-state index in [9.17, 15) is 13.6 Å². The molecule has 2 aromatic carbocycles. The molecule has 0 atom stereocenters. The fourth-order valence-electron chi connectivity index (χ4n) is 2.46. The molecule has 0 fully saturated rings. The molecule has 1 aromatic heterocycles. The molecule has 1 amide bonds. The largest absolute Gasteiger partial charge is 0.433 e. The van der Waals surface area contributed by atoms with Crippen LogP contribution in [-0.2, 0) is 0 Å². The van der Waals surface area contributed by atoms with Crippen LogP contribution in [0.5, 0.6) is 5.75 Å². The maximum Gasteiger partial charge on any atom is 0.387 e. The Morgan fingerprint density at radius 1 is 1.23 bits per heavy atom. The van der Waals surface area contributed by atoms with Gasteiger partial charge in [-0.2, -0.15) is 13.9 Å². The van der Waals surface area contributed by atoms with Gasteiger partial charge in [-0.15, -0.1) is 0 Å². The van der Waals surface area contributed by atoms with Crippen molar-refractivity contribution in [2.24, 2.45) is 0 Å². The zero-order chi connectivity index (χ0) is 18.7. The number of anilines is 1. The van der Waals surface area contributed by atoms with Crippen molar-refractivity contribution in [1.82, 2.24) is 9.78 Å². The molecule has 0 saturated heterocycles. The highest BCUT2D eigenvalue weighted by atomic mass is 35.5. The van der Waals surface area contributed by atoms with E-state index in [1.165, 1.54) is 24.4 Å². The van der Waals surface area contributed by atoms with Crippen LogP contribution in [0, 0.1) is 6.92 Å². The maximum atomic E-state index is 12.6. The van der Waals surface area contributed by atoms with Crippen LogP contribution in [0.1, 0.15) is 16.1 Å². The van der Waals surface area contributed by atoms with Crippen molar-refractivity contribution in [2.45, 2.75) is 13.5 Å². The van der Waals surface area contributed by atoms with Crippen LogP contribution in [0.25, 0.3) is 5.69 Å². The minimum absolute atomic E-state index is 0.115. The number of para-hydroxylation sites is 2. The molecule has 0 bridgehead atoms. The van der Waals surface area contributed by atoms with E-state index in [0.29, 0.717) is 22.0 Å². The second-order valence-corrected chi connectivity index (χ2v) is 5.80. The van der Waals surface area contributed by atoms with Gasteiger partial charge in [0, 0.05) is 5.02 Å². The molecule has 0 saturated carbocycles. The molecule has 8 heteroatoms. The molecule has 3 rings (SSSR count). The van der Waals surface area contributed by atoms with Gasteiger partial charge in [-0.05, 0) is 37.3 Å². The van der Waals surface area contributed by atoms with Crippen LogP contribution in [0.3, 0.4) is 0 Å². The summed E-state index contributed by atoms with van der Waals surface area (Å²) >= 11 is 5.99. The lowest BCUT2D eigenvalue weighted by molar-refractivity contribution is -0.0493. The Morgan fingerprint density at radius 3 is 2.73 bits per heavy atom. The van der Waals surface area contributed by atoms with E-state index in [4.69, 9.17) is 11.6 Å². The molecule has 5 nitrogen and oxygen atoms in total. The fourth-order valence-corrected chi connectivity index (χ4v) is 2.64. The number of carbonyl (C=O) groups is 1. The second-order valence-electron chi connectivity index (χ2n) is 5.36. The number of amides is 1. The van der Waals surface area contributed by atoms with Gasteiger partial charge in [0.2, 0.25) is 0 Å². The molecule has 0 unspecified atom stereocenters. The summed E-state index contributed by atoms with van der Waals surface area (Å²) in [5.74, 6) is -0.600. The third-order valence-corrected chi connectivity index (χ3v) is 3.89. The zero-order valence-corrected chi connectivity index (χ0v) is 14.4. The Bertz CT molecular complexity index is 944. The van der Waals surface area contributed by atoms with Crippen molar-refractivity contribution in [3.63, 3.8) is 0 Å². The van der Waals surface area contributed by atoms with Crippen molar-refractivity contribution in [1.29, 1.82) is 0 Å². The molecule has 0 aliphatic heterocycles. The van der Waals surface area contributed by atoms with Crippen LogP contribution in [0.15, 0.2) is 54.7 Å². The third kappa shape index (κ3) is 3.83. The number of ether oxygens (including phenoxy) is 1. The smallest absolute Gasteiger partial charge is 0.387 e. The lowest BCUT2D eigenvalue weighted by Gasteiger charge is -2.11. The number of halogens is 3. The molecule has 0 aliphatic carbocycles. The predicted molar refractivity (Wildman–Crippen MR) is 94.3 cm³/mol. The van der Waals surface area contributed by atoms with E-state index in [2.05, 4.69) is 15.2 Å². The first-order valence-electron chi connectivity index (χ1n) is 7.61. The molecule has 3 aromatic rings. The quantitative estimate of drug-likeness (QED) is 0.702. The highest BCUT2D eigenvalue weighted by molar-refractivity contribution is 6.30. The number of hydrogen-bond donors (Lipinski definition) is 1. The molecule has 0 spiro atoms. The van der Waals surface area contributed by atoms with Gasteiger partial charge in [0.1, 0.15) is 5.75 Å². The summed E-state index contributed by atoms with van der Waals surface area (Å²) in [6.45, 7) is -1.26. The number of benzene rings is 2. The molecule has 26 heavy (non-hydrogen) atoms. The summed E-state index contributed by atoms with van der Waals surface area (Å²) < 4.78 is 31.0. The number of carbonyl (C=O) groups excluding carboxylic acids is 1. The summed E-state index contributed by atoms with van der Waals surface area (Å²) in [4.78, 5) is 12.6. The van der Waals surface area contributed by atoms with E-state index in [1.54, 1.807) is 41.9 Å². The van der Waals surface area contributed by atoms with Crippen LogP contribution >= 0.6 is 11.6 Å². The molecule has 1 N–H and O–H groups in total. The monoisotopic (exact) mass is 377 g/mol. The SMILES string of the molecule is Cc1c(C(=O)Nc2ccccc2OC(F)F)cnn1-c1cccc(Cl)c1. The van der Waals surface area contributed by atoms with E-state index in [0.717, 1.165) is 0 Å². The summed E-state index contributed by atoms with van der Waals surface area (Å²) in [5, 5.41) is 7.32. The van der Waals surface area contributed by atoms with Crippen molar-refractivity contribution in [3.05, 3.63) is 71.0 Å². The van der Waals surface area contributed by atoms with Gasteiger partial charge in [-0.3, -0.25) is 4.79 Å². The predicted octanol–water partition coefficient (Wildman–Crippen LogP) is 4.69. The topological polar surface area (TPSA) is 56.1 Å². The van der Waals surface area contributed by atoms with E-state index in [1.807, 2.05) is 0 Å².